The Morgan fingerprint density at radius 1 is 1.09 bits per heavy atom. The number of halogens is 2. The van der Waals surface area contributed by atoms with E-state index < -0.39 is 11.9 Å². The summed E-state index contributed by atoms with van der Waals surface area (Å²) < 4.78 is 38.6. The zero-order valence-corrected chi connectivity index (χ0v) is 12.0. The first-order valence-corrected chi connectivity index (χ1v) is 7.23. The summed E-state index contributed by atoms with van der Waals surface area (Å²) in [6.07, 6.45) is -0.774. The molecule has 1 N–H and O–H groups in total. The van der Waals surface area contributed by atoms with Gasteiger partial charge in [-0.1, -0.05) is 24.3 Å². The topological polar surface area (TPSA) is 30.5 Å². The van der Waals surface area contributed by atoms with Crippen molar-refractivity contribution in [3.8, 4) is 5.75 Å². The van der Waals surface area contributed by atoms with Crippen LogP contribution in [0.3, 0.4) is 0 Å². The monoisotopic (exact) mass is 305 g/mol. The minimum Gasteiger partial charge on any atom is -0.480 e. The van der Waals surface area contributed by atoms with Crippen LogP contribution in [0.25, 0.3) is 0 Å². The lowest BCUT2D eigenvalue weighted by atomic mass is 10.0. The molecular formula is C17H17F2NO2. The fraction of sp³-hybridized carbons (Fsp3) is 0.294. The third-order valence-electron chi connectivity index (χ3n) is 3.58. The minimum atomic E-state index is -0.509. The van der Waals surface area contributed by atoms with E-state index in [1.807, 2.05) is 0 Å². The molecule has 1 heterocycles. The number of benzene rings is 2. The van der Waals surface area contributed by atoms with Crippen LogP contribution in [-0.2, 0) is 4.74 Å². The molecule has 2 aromatic rings. The Hall–Kier alpha value is -1.98. The van der Waals surface area contributed by atoms with Gasteiger partial charge in [-0.3, -0.25) is 0 Å². The van der Waals surface area contributed by atoms with Crippen LogP contribution in [0.2, 0.25) is 0 Å². The van der Waals surface area contributed by atoms with E-state index in [4.69, 9.17) is 9.47 Å². The van der Waals surface area contributed by atoms with Gasteiger partial charge in [0.05, 0.1) is 6.61 Å². The molecule has 0 saturated carbocycles. The minimum absolute atomic E-state index is 0.158. The average Bonchev–Trinajstić information content (AvgIpc) is 2.56. The molecule has 3 nitrogen and oxygen atoms in total. The second-order valence-corrected chi connectivity index (χ2v) is 5.13. The van der Waals surface area contributed by atoms with Gasteiger partial charge in [0.25, 0.3) is 0 Å². The molecule has 1 fully saturated rings. The van der Waals surface area contributed by atoms with Crippen molar-refractivity contribution in [1.29, 1.82) is 0 Å². The molecule has 2 atom stereocenters. The second kappa shape index (κ2) is 6.85. The predicted molar refractivity (Wildman–Crippen MR) is 78.8 cm³/mol. The molecule has 0 amide bonds. The Balaban J connectivity index is 1.88. The molecule has 0 unspecified atom stereocenters. The van der Waals surface area contributed by atoms with E-state index >= 15 is 0 Å². The normalized spacial score (nSPS) is 19.6. The first-order chi connectivity index (χ1) is 10.7. The molecule has 1 aliphatic heterocycles. The maximum absolute atomic E-state index is 13.9. The number of hydrogen-bond donors (Lipinski definition) is 1. The van der Waals surface area contributed by atoms with Gasteiger partial charge in [-0.05, 0) is 29.8 Å². The van der Waals surface area contributed by atoms with Crippen LogP contribution in [0.15, 0.2) is 48.5 Å². The van der Waals surface area contributed by atoms with E-state index in [9.17, 15) is 8.78 Å². The van der Waals surface area contributed by atoms with Crippen molar-refractivity contribution in [3.05, 3.63) is 65.7 Å². The van der Waals surface area contributed by atoms with Gasteiger partial charge >= 0.3 is 0 Å². The highest BCUT2D eigenvalue weighted by atomic mass is 19.1. The van der Waals surface area contributed by atoms with Gasteiger partial charge in [0.1, 0.15) is 11.9 Å². The quantitative estimate of drug-likeness (QED) is 0.941. The summed E-state index contributed by atoms with van der Waals surface area (Å²) in [5.74, 6) is -0.597. The Kier molecular flexibility index (Phi) is 4.65. The summed E-state index contributed by atoms with van der Waals surface area (Å²) in [4.78, 5) is 0. The first-order valence-electron chi connectivity index (χ1n) is 7.23. The second-order valence-electron chi connectivity index (χ2n) is 5.13. The molecule has 3 rings (SSSR count). The lowest BCUT2D eigenvalue weighted by Gasteiger charge is -2.31. The molecule has 0 spiro atoms. The van der Waals surface area contributed by atoms with Crippen LogP contribution in [0, 0.1) is 11.6 Å². The standard InChI is InChI=1S/C17H17F2NO2/c18-13-7-5-12(6-8-13)17(16-11-20-9-10-21-16)22-15-4-2-1-3-14(15)19/h1-8,16-17,20H,9-11H2/t16-,17-/m0/s1. The van der Waals surface area contributed by atoms with E-state index in [0.717, 1.165) is 12.1 Å². The van der Waals surface area contributed by atoms with E-state index in [-0.39, 0.29) is 17.7 Å². The molecular weight excluding hydrogens is 288 g/mol. The van der Waals surface area contributed by atoms with Crippen molar-refractivity contribution in [1.82, 2.24) is 5.32 Å². The smallest absolute Gasteiger partial charge is 0.165 e. The van der Waals surface area contributed by atoms with Crippen LogP contribution in [0.1, 0.15) is 11.7 Å². The van der Waals surface area contributed by atoms with E-state index in [1.54, 1.807) is 30.3 Å². The predicted octanol–water partition coefficient (Wildman–Crippen LogP) is 3.07. The number of hydrogen-bond acceptors (Lipinski definition) is 3. The van der Waals surface area contributed by atoms with Crippen LogP contribution in [0.5, 0.6) is 5.75 Å². The fourth-order valence-electron chi connectivity index (χ4n) is 2.47. The highest BCUT2D eigenvalue weighted by Crippen LogP contribution is 2.29. The zero-order chi connectivity index (χ0) is 15.4. The van der Waals surface area contributed by atoms with E-state index in [1.165, 1.54) is 18.2 Å². The Morgan fingerprint density at radius 3 is 2.55 bits per heavy atom. The maximum Gasteiger partial charge on any atom is 0.165 e. The Labute approximate surface area is 127 Å². The lowest BCUT2D eigenvalue weighted by Crippen LogP contribution is -2.43. The number of morpholine rings is 1. The van der Waals surface area contributed by atoms with Gasteiger partial charge in [-0.15, -0.1) is 0 Å². The molecule has 5 heteroatoms. The molecule has 2 aromatic carbocycles. The molecule has 0 aromatic heterocycles. The number of rotatable bonds is 4. The van der Waals surface area contributed by atoms with Crippen molar-refractivity contribution in [3.63, 3.8) is 0 Å². The van der Waals surface area contributed by atoms with Crippen LogP contribution in [-0.4, -0.2) is 25.8 Å². The molecule has 0 bridgehead atoms. The summed E-state index contributed by atoms with van der Waals surface area (Å²) in [5.41, 5.74) is 0.748. The van der Waals surface area contributed by atoms with Crippen molar-refractivity contribution in [2.45, 2.75) is 12.2 Å². The van der Waals surface area contributed by atoms with Crippen LogP contribution in [0.4, 0.5) is 8.78 Å². The molecule has 22 heavy (non-hydrogen) atoms. The number of ether oxygens (including phenoxy) is 2. The summed E-state index contributed by atoms with van der Waals surface area (Å²) in [7, 11) is 0. The van der Waals surface area contributed by atoms with Crippen molar-refractivity contribution in [2.75, 3.05) is 19.7 Å². The molecule has 1 aliphatic rings. The van der Waals surface area contributed by atoms with Crippen LogP contribution >= 0.6 is 0 Å². The molecule has 116 valence electrons. The molecule has 0 radical (unpaired) electrons. The maximum atomic E-state index is 13.9. The third kappa shape index (κ3) is 3.43. The summed E-state index contributed by atoms with van der Waals surface area (Å²) in [6.45, 7) is 1.92. The van der Waals surface area contributed by atoms with Gasteiger partial charge in [0, 0.05) is 13.1 Å². The van der Waals surface area contributed by atoms with Crippen molar-refractivity contribution >= 4 is 0 Å². The van der Waals surface area contributed by atoms with Gasteiger partial charge < -0.3 is 14.8 Å². The summed E-state index contributed by atoms with van der Waals surface area (Å²) in [5, 5.41) is 3.22. The van der Waals surface area contributed by atoms with E-state index in [0.29, 0.717) is 13.2 Å². The Bertz CT molecular complexity index is 612. The SMILES string of the molecule is Fc1ccc([C@H](Oc2ccccc2F)[C@@H]2CNCCO2)cc1. The lowest BCUT2D eigenvalue weighted by molar-refractivity contribution is -0.0442. The van der Waals surface area contributed by atoms with Crippen molar-refractivity contribution in [2.24, 2.45) is 0 Å². The highest BCUT2D eigenvalue weighted by molar-refractivity contribution is 5.27. The average molecular weight is 305 g/mol. The van der Waals surface area contributed by atoms with Gasteiger partial charge in [-0.2, -0.15) is 0 Å². The van der Waals surface area contributed by atoms with Crippen LogP contribution < -0.4 is 10.1 Å². The first kappa shape index (κ1) is 14.9. The highest BCUT2D eigenvalue weighted by Gasteiger charge is 2.28. The van der Waals surface area contributed by atoms with Gasteiger partial charge in [-0.25, -0.2) is 8.78 Å². The fourth-order valence-corrected chi connectivity index (χ4v) is 2.47. The summed E-state index contributed by atoms with van der Waals surface area (Å²) >= 11 is 0. The summed E-state index contributed by atoms with van der Waals surface area (Å²) in [6, 6.07) is 12.2. The third-order valence-corrected chi connectivity index (χ3v) is 3.58. The van der Waals surface area contributed by atoms with Gasteiger partial charge in [0.2, 0.25) is 0 Å². The van der Waals surface area contributed by atoms with E-state index in [2.05, 4.69) is 5.32 Å². The molecule has 0 aliphatic carbocycles. The number of para-hydroxylation sites is 1. The number of nitrogens with one attached hydrogen (secondary N) is 1. The zero-order valence-electron chi connectivity index (χ0n) is 12.0. The largest absolute Gasteiger partial charge is 0.480 e. The van der Waals surface area contributed by atoms with Crippen molar-refractivity contribution < 1.29 is 18.3 Å². The molecule has 1 saturated heterocycles. The van der Waals surface area contributed by atoms with Gasteiger partial charge in [0.15, 0.2) is 17.7 Å². The Morgan fingerprint density at radius 2 is 1.86 bits per heavy atom.